The largest absolute Gasteiger partial charge is 0.473 e. The van der Waals surface area contributed by atoms with Gasteiger partial charge in [0, 0.05) is 12.1 Å². The summed E-state index contributed by atoms with van der Waals surface area (Å²) in [6.45, 7) is 2.88. The Balaban J connectivity index is 2.14. The molecule has 0 fully saturated rings. The van der Waals surface area contributed by atoms with Crippen molar-refractivity contribution in [2.75, 3.05) is 13.6 Å². The minimum atomic E-state index is 0.144. The van der Waals surface area contributed by atoms with Gasteiger partial charge in [-0.3, -0.25) is 0 Å². The smallest absolute Gasteiger partial charge is 0.220 e. The zero-order valence-electron chi connectivity index (χ0n) is 9.99. The van der Waals surface area contributed by atoms with Gasteiger partial charge in [-0.05, 0) is 39.7 Å². The van der Waals surface area contributed by atoms with E-state index in [0.717, 1.165) is 25.3 Å². The summed E-state index contributed by atoms with van der Waals surface area (Å²) in [6.07, 6.45) is 6.33. The molecule has 4 nitrogen and oxygen atoms in total. The van der Waals surface area contributed by atoms with Crippen molar-refractivity contribution in [3.8, 4) is 5.88 Å². The van der Waals surface area contributed by atoms with Crippen molar-refractivity contribution in [1.82, 2.24) is 15.3 Å². The quantitative estimate of drug-likeness (QED) is 0.833. The molecule has 0 aliphatic heterocycles. The van der Waals surface area contributed by atoms with Gasteiger partial charge in [0.05, 0.1) is 5.69 Å². The number of hydrogen-bond acceptors (Lipinski definition) is 4. The lowest BCUT2D eigenvalue weighted by Gasteiger charge is -2.20. The van der Waals surface area contributed by atoms with Crippen LogP contribution >= 0.6 is 0 Å². The summed E-state index contributed by atoms with van der Waals surface area (Å²) >= 11 is 0. The van der Waals surface area contributed by atoms with Crippen LogP contribution in [0.15, 0.2) is 6.33 Å². The summed E-state index contributed by atoms with van der Waals surface area (Å²) in [6, 6.07) is 0. The highest BCUT2D eigenvalue weighted by atomic mass is 16.5. The van der Waals surface area contributed by atoms with Crippen molar-refractivity contribution < 1.29 is 4.74 Å². The minimum Gasteiger partial charge on any atom is -0.473 e. The van der Waals surface area contributed by atoms with Crippen molar-refractivity contribution in [2.45, 2.75) is 38.7 Å². The van der Waals surface area contributed by atoms with Crippen LogP contribution in [0.1, 0.15) is 31.0 Å². The fourth-order valence-corrected chi connectivity index (χ4v) is 2.11. The molecular weight excluding hydrogens is 202 g/mol. The molecular formula is C12H19N3O. The fourth-order valence-electron chi connectivity index (χ4n) is 2.11. The molecule has 2 rings (SSSR count). The second kappa shape index (κ2) is 5.25. The Kier molecular flexibility index (Phi) is 3.72. The maximum absolute atomic E-state index is 5.84. The number of aryl methyl sites for hydroxylation is 1. The van der Waals surface area contributed by atoms with Gasteiger partial charge in [0.1, 0.15) is 12.4 Å². The van der Waals surface area contributed by atoms with Crippen LogP contribution in [-0.2, 0) is 12.8 Å². The average molecular weight is 221 g/mol. The van der Waals surface area contributed by atoms with E-state index >= 15 is 0 Å². The monoisotopic (exact) mass is 221 g/mol. The van der Waals surface area contributed by atoms with Gasteiger partial charge in [0.15, 0.2) is 0 Å². The number of hydrogen-bond donors (Lipinski definition) is 1. The lowest BCUT2D eigenvalue weighted by Crippen LogP contribution is -2.27. The number of likely N-dealkylation sites (N-methyl/N-ethyl adjacent to an activating group) is 1. The third kappa shape index (κ3) is 2.50. The molecule has 0 radical (unpaired) electrons. The molecule has 1 aliphatic carbocycles. The Hall–Kier alpha value is -1.16. The first-order chi connectivity index (χ1) is 7.81. The topological polar surface area (TPSA) is 47.0 Å². The zero-order chi connectivity index (χ0) is 11.4. The second-order valence-corrected chi connectivity index (χ2v) is 4.30. The van der Waals surface area contributed by atoms with Gasteiger partial charge in [-0.15, -0.1) is 0 Å². The van der Waals surface area contributed by atoms with Gasteiger partial charge < -0.3 is 10.1 Å². The second-order valence-electron chi connectivity index (χ2n) is 4.30. The molecule has 1 atom stereocenters. The van der Waals surface area contributed by atoms with Gasteiger partial charge in [-0.1, -0.05) is 0 Å². The third-order valence-corrected chi connectivity index (χ3v) is 2.89. The lowest BCUT2D eigenvalue weighted by molar-refractivity contribution is 0.208. The van der Waals surface area contributed by atoms with E-state index in [-0.39, 0.29) is 6.10 Å². The Morgan fingerprint density at radius 1 is 1.38 bits per heavy atom. The van der Waals surface area contributed by atoms with E-state index in [4.69, 9.17) is 4.74 Å². The highest BCUT2D eigenvalue weighted by Gasteiger charge is 2.17. The third-order valence-electron chi connectivity index (χ3n) is 2.89. The highest BCUT2D eigenvalue weighted by Crippen LogP contribution is 2.26. The number of nitrogens with zero attached hydrogens (tertiary/aromatic N) is 2. The number of fused-ring (bicyclic) bond motifs is 1. The Morgan fingerprint density at radius 3 is 3.00 bits per heavy atom. The molecule has 4 heteroatoms. The van der Waals surface area contributed by atoms with Crippen LogP contribution in [0.25, 0.3) is 0 Å². The van der Waals surface area contributed by atoms with Crippen LogP contribution in [0, 0.1) is 0 Å². The SMILES string of the molecule is CNCC(C)Oc1ncnc2c1CCCC2. The van der Waals surface area contributed by atoms with Gasteiger partial charge in [0.25, 0.3) is 0 Å². The molecule has 0 amide bonds. The van der Waals surface area contributed by atoms with E-state index in [0.29, 0.717) is 0 Å². The van der Waals surface area contributed by atoms with Crippen molar-refractivity contribution in [2.24, 2.45) is 0 Å². The van der Waals surface area contributed by atoms with Gasteiger partial charge in [0.2, 0.25) is 5.88 Å². The molecule has 1 aliphatic rings. The van der Waals surface area contributed by atoms with Crippen molar-refractivity contribution in [3.05, 3.63) is 17.6 Å². The fraction of sp³-hybridized carbons (Fsp3) is 0.667. The molecule has 0 saturated carbocycles. The minimum absolute atomic E-state index is 0.144. The van der Waals surface area contributed by atoms with Gasteiger partial charge >= 0.3 is 0 Å². The first-order valence-electron chi connectivity index (χ1n) is 5.95. The average Bonchev–Trinajstić information content (AvgIpc) is 2.30. The van der Waals surface area contributed by atoms with E-state index in [9.17, 15) is 0 Å². The molecule has 1 aromatic rings. The predicted molar refractivity (Wildman–Crippen MR) is 62.7 cm³/mol. The normalized spacial score (nSPS) is 16.6. The lowest BCUT2D eigenvalue weighted by atomic mass is 9.97. The zero-order valence-corrected chi connectivity index (χ0v) is 9.99. The predicted octanol–water partition coefficient (Wildman–Crippen LogP) is 1.34. The Bertz CT molecular complexity index is 354. The van der Waals surface area contributed by atoms with Crippen LogP contribution in [0.5, 0.6) is 5.88 Å². The molecule has 0 bridgehead atoms. The molecule has 16 heavy (non-hydrogen) atoms. The summed E-state index contributed by atoms with van der Waals surface area (Å²) in [4.78, 5) is 8.58. The molecule has 0 spiro atoms. The molecule has 1 aromatic heterocycles. The summed E-state index contributed by atoms with van der Waals surface area (Å²) in [5.74, 6) is 0.785. The van der Waals surface area contributed by atoms with Gasteiger partial charge in [-0.2, -0.15) is 0 Å². The maximum Gasteiger partial charge on any atom is 0.220 e. The molecule has 88 valence electrons. The van der Waals surface area contributed by atoms with Crippen LogP contribution in [0.3, 0.4) is 0 Å². The van der Waals surface area contributed by atoms with Crippen molar-refractivity contribution in [1.29, 1.82) is 0 Å². The van der Waals surface area contributed by atoms with Crippen molar-refractivity contribution >= 4 is 0 Å². The Morgan fingerprint density at radius 2 is 2.19 bits per heavy atom. The van der Waals surface area contributed by atoms with E-state index in [1.807, 2.05) is 14.0 Å². The number of ether oxygens (including phenoxy) is 1. The van der Waals surface area contributed by atoms with Gasteiger partial charge in [-0.25, -0.2) is 9.97 Å². The van der Waals surface area contributed by atoms with Crippen LogP contribution in [-0.4, -0.2) is 29.7 Å². The number of aromatic nitrogens is 2. The van der Waals surface area contributed by atoms with Crippen LogP contribution in [0.2, 0.25) is 0 Å². The van der Waals surface area contributed by atoms with E-state index < -0.39 is 0 Å². The number of rotatable bonds is 4. The van der Waals surface area contributed by atoms with E-state index in [1.165, 1.54) is 24.1 Å². The maximum atomic E-state index is 5.84. The summed E-state index contributed by atoms with van der Waals surface area (Å²) < 4.78 is 5.84. The molecule has 0 saturated heterocycles. The Labute approximate surface area is 96.4 Å². The highest BCUT2D eigenvalue weighted by molar-refractivity contribution is 5.31. The molecule has 1 N–H and O–H groups in total. The van der Waals surface area contributed by atoms with Crippen molar-refractivity contribution in [3.63, 3.8) is 0 Å². The summed E-state index contributed by atoms with van der Waals surface area (Å²) in [5, 5.41) is 3.10. The van der Waals surface area contributed by atoms with Crippen LogP contribution < -0.4 is 10.1 Å². The molecule has 1 unspecified atom stereocenters. The van der Waals surface area contributed by atoms with E-state index in [1.54, 1.807) is 6.33 Å². The van der Waals surface area contributed by atoms with E-state index in [2.05, 4.69) is 15.3 Å². The summed E-state index contributed by atoms with van der Waals surface area (Å²) in [7, 11) is 1.93. The van der Waals surface area contributed by atoms with Crippen LogP contribution in [0.4, 0.5) is 0 Å². The number of nitrogens with one attached hydrogen (secondary N) is 1. The first kappa shape index (κ1) is 11.3. The summed E-state index contributed by atoms with van der Waals surface area (Å²) in [5.41, 5.74) is 2.39. The molecule has 0 aromatic carbocycles. The molecule has 1 heterocycles. The first-order valence-corrected chi connectivity index (χ1v) is 5.95. The standard InChI is InChI=1S/C12H19N3O/c1-9(7-13-2)16-12-10-5-3-4-6-11(10)14-8-15-12/h8-9,13H,3-7H2,1-2H3.